The molecule has 0 aromatic carbocycles. The van der Waals surface area contributed by atoms with E-state index in [1.165, 1.54) is 7.11 Å². The number of aromatic nitrogens is 2. The first kappa shape index (κ1) is 20.8. The number of aliphatic imine (C=N–C) groups is 1. The van der Waals surface area contributed by atoms with Crippen molar-refractivity contribution in [3.8, 4) is 0 Å². The third-order valence-corrected chi connectivity index (χ3v) is 5.24. The molecule has 0 aliphatic carbocycles. The summed E-state index contributed by atoms with van der Waals surface area (Å²) >= 11 is 0. The first-order valence-corrected chi connectivity index (χ1v) is 9.79. The van der Waals surface area contributed by atoms with E-state index in [-0.39, 0.29) is 12.5 Å². The zero-order chi connectivity index (χ0) is 21.3. The Morgan fingerprint density at radius 1 is 1.24 bits per heavy atom. The molecule has 7 heteroatoms. The van der Waals surface area contributed by atoms with Crippen LogP contribution in [0, 0.1) is 5.92 Å². The van der Waals surface area contributed by atoms with Gasteiger partial charge in [0.1, 0.15) is 5.92 Å². The number of nitrogens with zero attached hydrogens (tertiary/aromatic N) is 3. The second-order valence-electron chi connectivity index (χ2n) is 7.44. The molecule has 0 spiro atoms. The highest BCUT2D eigenvalue weighted by molar-refractivity contribution is 6.07. The Hall–Kier alpha value is -2.96. The highest BCUT2D eigenvalue weighted by Gasteiger charge is 2.44. The monoisotopic (exact) mass is 397 g/mol. The smallest absolute Gasteiger partial charge is 0.336 e. The Morgan fingerprint density at radius 2 is 1.97 bits per heavy atom. The summed E-state index contributed by atoms with van der Waals surface area (Å²) in [5.74, 6) is -2.13. The summed E-state index contributed by atoms with van der Waals surface area (Å²) in [5.41, 5.74) is 4.06. The standard InChI is InChI=1S/C22H27N3O4/c1-7-29-22(27)17-14(5)23-13(4)16(21(26)28-6)19(17)18-15-10-8-9-11-25(15)24-20(18)12(2)3/h8-12,16,19H,7H2,1-6H3. The average Bonchev–Trinajstić information content (AvgIpc) is 3.06. The Kier molecular flexibility index (Phi) is 5.86. The van der Waals surface area contributed by atoms with Gasteiger partial charge in [0.2, 0.25) is 0 Å². The number of allylic oxidation sites excluding steroid dienone is 1. The van der Waals surface area contributed by atoms with Crippen LogP contribution in [0.15, 0.2) is 40.7 Å². The number of carbonyl (C=O) groups excluding carboxylic acids is 2. The van der Waals surface area contributed by atoms with Gasteiger partial charge in [-0.3, -0.25) is 9.79 Å². The van der Waals surface area contributed by atoms with E-state index < -0.39 is 23.8 Å². The number of methoxy groups -OCH3 is 1. The molecule has 29 heavy (non-hydrogen) atoms. The number of carbonyl (C=O) groups is 2. The molecule has 7 nitrogen and oxygen atoms in total. The molecule has 0 saturated carbocycles. The molecule has 0 fully saturated rings. The maximum absolute atomic E-state index is 13.0. The quantitative estimate of drug-likeness (QED) is 0.720. The molecule has 2 aromatic heterocycles. The number of pyridine rings is 1. The summed E-state index contributed by atoms with van der Waals surface area (Å²) in [7, 11) is 1.35. The molecule has 154 valence electrons. The van der Waals surface area contributed by atoms with E-state index in [0.717, 1.165) is 16.8 Å². The third-order valence-electron chi connectivity index (χ3n) is 5.24. The molecule has 1 aliphatic heterocycles. The van der Waals surface area contributed by atoms with Crippen LogP contribution in [-0.4, -0.2) is 41.0 Å². The molecule has 2 aromatic rings. The molecule has 2 atom stereocenters. The molecule has 0 bridgehead atoms. The fourth-order valence-electron chi connectivity index (χ4n) is 4.04. The summed E-state index contributed by atoms with van der Waals surface area (Å²) < 4.78 is 12.2. The van der Waals surface area contributed by atoms with E-state index in [1.807, 2.05) is 38.2 Å². The number of esters is 2. The van der Waals surface area contributed by atoms with Crippen molar-refractivity contribution < 1.29 is 19.1 Å². The lowest BCUT2D eigenvalue weighted by molar-refractivity contribution is -0.144. The number of hydrogen-bond acceptors (Lipinski definition) is 6. The van der Waals surface area contributed by atoms with Crippen molar-refractivity contribution in [2.24, 2.45) is 10.9 Å². The lowest BCUT2D eigenvalue weighted by atomic mass is 9.74. The van der Waals surface area contributed by atoms with Gasteiger partial charge in [0.25, 0.3) is 0 Å². The third kappa shape index (κ3) is 3.57. The van der Waals surface area contributed by atoms with Gasteiger partial charge in [0, 0.05) is 29.1 Å². The van der Waals surface area contributed by atoms with Gasteiger partial charge in [-0.25, -0.2) is 9.31 Å². The first-order chi connectivity index (χ1) is 13.8. The molecular weight excluding hydrogens is 370 g/mol. The van der Waals surface area contributed by atoms with Crippen molar-refractivity contribution in [2.75, 3.05) is 13.7 Å². The van der Waals surface area contributed by atoms with Crippen LogP contribution >= 0.6 is 0 Å². The maximum atomic E-state index is 13.0. The van der Waals surface area contributed by atoms with Gasteiger partial charge in [-0.05, 0) is 38.8 Å². The Bertz CT molecular complexity index is 1020. The average molecular weight is 397 g/mol. The van der Waals surface area contributed by atoms with Crippen molar-refractivity contribution >= 4 is 23.2 Å². The molecule has 0 N–H and O–H groups in total. The van der Waals surface area contributed by atoms with Crippen LogP contribution in [0.25, 0.3) is 5.52 Å². The van der Waals surface area contributed by atoms with Gasteiger partial charge in [0.05, 0.1) is 30.5 Å². The molecule has 3 heterocycles. The zero-order valence-electron chi connectivity index (χ0n) is 17.7. The minimum atomic E-state index is -0.728. The van der Waals surface area contributed by atoms with Crippen LogP contribution in [0.3, 0.4) is 0 Å². The van der Waals surface area contributed by atoms with Crippen molar-refractivity contribution in [2.45, 2.75) is 46.5 Å². The van der Waals surface area contributed by atoms with E-state index in [4.69, 9.17) is 14.6 Å². The Morgan fingerprint density at radius 3 is 2.59 bits per heavy atom. The van der Waals surface area contributed by atoms with Crippen LogP contribution in [0.5, 0.6) is 0 Å². The SMILES string of the molecule is CCOC(=O)C1=C(C)N=C(C)C(C(=O)OC)C1c1c(C(C)C)nn2ccccc12. The molecule has 1 aliphatic rings. The predicted molar refractivity (Wildman–Crippen MR) is 110 cm³/mol. The van der Waals surface area contributed by atoms with E-state index in [1.54, 1.807) is 25.3 Å². The lowest BCUT2D eigenvalue weighted by Gasteiger charge is -2.31. The highest BCUT2D eigenvalue weighted by Crippen LogP contribution is 2.44. The van der Waals surface area contributed by atoms with Crippen LogP contribution < -0.4 is 0 Å². The molecule has 0 amide bonds. The van der Waals surface area contributed by atoms with Crippen molar-refractivity contribution in [1.29, 1.82) is 0 Å². The molecule has 3 rings (SSSR count). The van der Waals surface area contributed by atoms with Crippen LogP contribution in [0.2, 0.25) is 0 Å². The molecular formula is C22H27N3O4. The maximum Gasteiger partial charge on any atom is 0.336 e. The Labute approximate surface area is 170 Å². The van der Waals surface area contributed by atoms with Crippen molar-refractivity contribution in [3.05, 3.63) is 46.9 Å². The van der Waals surface area contributed by atoms with Crippen LogP contribution in [0.4, 0.5) is 0 Å². The lowest BCUT2D eigenvalue weighted by Crippen LogP contribution is -2.36. The number of ether oxygens (including phenoxy) is 2. The van der Waals surface area contributed by atoms with Gasteiger partial charge < -0.3 is 9.47 Å². The molecule has 2 unspecified atom stereocenters. The summed E-state index contributed by atoms with van der Waals surface area (Å²) in [6.45, 7) is 9.65. The number of rotatable bonds is 5. The van der Waals surface area contributed by atoms with E-state index in [0.29, 0.717) is 17.0 Å². The fourth-order valence-corrected chi connectivity index (χ4v) is 4.04. The van der Waals surface area contributed by atoms with Gasteiger partial charge in [0.15, 0.2) is 0 Å². The van der Waals surface area contributed by atoms with Crippen LogP contribution in [0.1, 0.15) is 57.7 Å². The minimum Gasteiger partial charge on any atom is -0.468 e. The topological polar surface area (TPSA) is 82.3 Å². The van der Waals surface area contributed by atoms with E-state index in [9.17, 15) is 9.59 Å². The van der Waals surface area contributed by atoms with Crippen molar-refractivity contribution in [3.63, 3.8) is 0 Å². The first-order valence-electron chi connectivity index (χ1n) is 9.79. The second-order valence-corrected chi connectivity index (χ2v) is 7.44. The highest BCUT2D eigenvalue weighted by atomic mass is 16.5. The van der Waals surface area contributed by atoms with Crippen LogP contribution in [-0.2, 0) is 19.1 Å². The molecule has 0 saturated heterocycles. The van der Waals surface area contributed by atoms with Gasteiger partial charge in [-0.15, -0.1) is 0 Å². The van der Waals surface area contributed by atoms with E-state index in [2.05, 4.69) is 4.99 Å². The summed E-state index contributed by atoms with van der Waals surface area (Å²) in [4.78, 5) is 30.3. The predicted octanol–water partition coefficient (Wildman–Crippen LogP) is 3.64. The normalized spacial score (nSPS) is 19.5. The number of hydrogen-bond donors (Lipinski definition) is 0. The fraction of sp³-hybridized carbons (Fsp3) is 0.455. The zero-order valence-corrected chi connectivity index (χ0v) is 17.7. The van der Waals surface area contributed by atoms with E-state index >= 15 is 0 Å². The van der Waals surface area contributed by atoms with Crippen molar-refractivity contribution in [1.82, 2.24) is 9.61 Å². The van der Waals surface area contributed by atoms with Gasteiger partial charge in [-0.2, -0.15) is 5.10 Å². The summed E-state index contributed by atoms with van der Waals surface area (Å²) in [6.07, 6.45) is 1.86. The molecule has 0 radical (unpaired) electrons. The minimum absolute atomic E-state index is 0.0890. The van der Waals surface area contributed by atoms with Gasteiger partial charge >= 0.3 is 11.9 Å². The second kappa shape index (κ2) is 8.19. The summed E-state index contributed by atoms with van der Waals surface area (Å²) in [5, 5.41) is 4.75. The summed E-state index contributed by atoms with van der Waals surface area (Å²) in [6, 6.07) is 5.76. The Balaban J connectivity index is 2.36. The van der Waals surface area contributed by atoms with Gasteiger partial charge in [-0.1, -0.05) is 19.9 Å². The number of fused-ring (bicyclic) bond motifs is 1. The largest absolute Gasteiger partial charge is 0.468 e.